The van der Waals surface area contributed by atoms with Crippen LogP contribution in [0.3, 0.4) is 0 Å². The number of benzene rings is 2. The Hall–Kier alpha value is -2.33. The van der Waals surface area contributed by atoms with Crippen LogP contribution in [0.15, 0.2) is 54.6 Å². The SMILES string of the molecule is CCCCCCCCCCCCc1ccccc1OCCCOC(=O)CC[N+](C)(C)Cc1ccccc1. The number of carbonyl (C=O) groups is 1. The molecule has 0 radical (unpaired) electrons. The molecule has 0 heterocycles. The zero-order valence-corrected chi connectivity index (χ0v) is 23.9. The van der Waals surface area contributed by atoms with Crippen LogP contribution < -0.4 is 4.74 Å². The number of unbranched alkanes of at least 4 members (excludes halogenated alkanes) is 9. The summed E-state index contributed by atoms with van der Waals surface area (Å²) in [6.07, 6.45) is 15.7. The van der Waals surface area contributed by atoms with Gasteiger partial charge in [-0.2, -0.15) is 0 Å². The summed E-state index contributed by atoms with van der Waals surface area (Å²) in [5.41, 5.74) is 2.57. The number of aryl methyl sites for hydroxylation is 1. The number of nitrogens with zero attached hydrogens (tertiary/aromatic N) is 1. The molecule has 4 heteroatoms. The second-order valence-corrected chi connectivity index (χ2v) is 11.0. The fraction of sp³-hybridized carbons (Fsp3) is 0.606. The average molecular weight is 511 g/mol. The van der Waals surface area contributed by atoms with Gasteiger partial charge in [0.15, 0.2) is 0 Å². The lowest BCUT2D eigenvalue weighted by atomic mass is 10.0. The lowest BCUT2D eigenvalue weighted by molar-refractivity contribution is -0.903. The predicted octanol–water partition coefficient (Wildman–Crippen LogP) is 8.13. The quantitative estimate of drug-likeness (QED) is 0.0966. The van der Waals surface area contributed by atoms with Gasteiger partial charge in [-0.05, 0) is 24.5 Å². The van der Waals surface area contributed by atoms with Crippen molar-refractivity contribution in [3.05, 3.63) is 65.7 Å². The number of esters is 1. The third-order valence-electron chi connectivity index (χ3n) is 6.96. The monoisotopic (exact) mass is 510 g/mol. The highest BCUT2D eigenvalue weighted by Crippen LogP contribution is 2.21. The molecule has 2 aromatic rings. The molecule has 0 aliphatic carbocycles. The van der Waals surface area contributed by atoms with Gasteiger partial charge in [-0.25, -0.2) is 0 Å². The Labute approximate surface area is 227 Å². The minimum atomic E-state index is -0.124. The standard InChI is InChI=1S/C33H52NO3/c1-4-5-6-7-8-9-10-11-12-16-22-31-23-17-18-24-32(31)36-27-19-28-37-33(35)25-26-34(2,3)29-30-20-14-13-15-21-30/h13-15,17-18,20-21,23-24H,4-12,16,19,22,25-29H2,1-3H3/q+1. The second-order valence-electron chi connectivity index (χ2n) is 11.0. The van der Waals surface area contributed by atoms with Crippen LogP contribution in [0.5, 0.6) is 5.75 Å². The number of quaternary nitrogens is 1. The Morgan fingerprint density at radius 3 is 2.05 bits per heavy atom. The third kappa shape index (κ3) is 14.9. The summed E-state index contributed by atoms with van der Waals surface area (Å²) in [6.45, 7) is 4.91. The van der Waals surface area contributed by atoms with Crippen molar-refractivity contribution in [2.45, 2.75) is 96.9 Å². The predicted molar refractivity (Wildman–Crippen MR) is 155 cm³/mol. The zero-order chi connectivity index (χ0) is 26.6. The summed E-state index contributed by atoms with van der Waals surface area (Å²) in [6, 6.07) is 18.8. The van der Waals surface area contributed by atoms with Gasteiger partial charge in [0.05, 0.1) is 40.3 Å². The number of hydrogen-bond acceptors (Lipinski definition) is 3. The first kappa shape index (κ1) is 30.9. The number of hydrogen-bond donors (Lipinski definition) is 0. The van der Waals surface area contributed by atoms with Crippen molar-refractivity contribution in [1.29, 1.82) is 0 Å². The summed E-state index contributed by atoms with van der Waals surface area (Å²) in [4.78, 5) is 12.2. The van der Waals surface area contributed by atoms with Gasteiger partial charge in [0.2, 0.25) is 0 Å². The number of carbonyl (C=O) groups excluding carboxylic acids is 1. The zero-order valence-electron chi connectivity index (χ0n) is 23.9. The summed E-state index contributed by atoms with van der Waals surface area (Å²) >= 11 is 0. The van der Waals surface area contributed by atoms with Crippen molar-refractivity contribution < 1.29 is 18.8 Å². The Balaban J connectivity index is 1.54. The van der Waals surface area contributed by atoms with Crippen molar-refractivity contribution in [2.24, 2.45) is 0 Å². The van der Waals surface area contributed by atoms with E-state index >= 15 is 0 Å². The van der Waals surface area contributed by atoms with Crippen molar-refractivity contribution >= 4 is 5.97 Å². The fourth-order valence-corrected chi connectivity index (χ4v) is 4.70. The van der Waals surface area contributed by atoms with Crippen LogP contribution in [0.2, 0.25) is 0 Å². The van der Waals surface area contributed by atoms with E-state index in [-0.39, 0.29) is 5.97 Å². The van der Waals surface area contributed by atoms with E-state index in [1.165, 1.54) is 75.3 Å². The second kappa shape index (κ2) is 18.8. The highest BCUT2D eigenvalue weighted by Gasteiger charge is 2.18. The maximum Gasteiger partial charge on any atom is 0.311 e. The smallest absolute Gasteiger partial charge is 0.311 e. The minimum absolute atomic E-state index is 0.124. The Kier molecular flexibility index (Phi) is 15.7. The van der Waals surface area contributed by atoms with E-state index in [4.69, 9.17) is 9.47 Å². The third-order valence-corrected chi connectivity index (χ3v) is 6.96. The van der Waals surface area contributed by atoms with E-state index in [0.29, 0.717) is 26.1 Å². The fourth-order valence-electron chi connectivity index (χ4n) is 4.70. The van der Waals surface area contributed by atoms with Crippen molar-refractivity contribution in [3.63, 3.8) is 0 Å². The molecular formula is C33H52NO3+. The minimum Gasteiger partial charge on any atom is -0.493 e. The molecule has 2 aromatic carbocycles. The van der Waals surface area contributed by atoms with E-state index < -0.39 is 0 Å². The van der Waals surface area contributed by atoms with Crippen molar-refractivity contribution in [2.75, 3.05) is 33.9 Å². The first-order valence-corrected chi connectivity index (χ1v) is 14.7. The van der Waals surface area contributed by atoms with Crippen LogP contribution in [0.25, 0.3) is 0 Å². The molecule has 0 aromatic heterocycles. The van der Waals surface area contributed by atoms with E-state index in [0.717, 1.165) is 29.7 Å². The Morgan fingerprint density at radius 1 is 0.730 bits per heavy atom. The topological polar surface area (TPSA) is 35.5 Å². The molecule has 0 atom stereocenters. The van der Waals surface area contributed by atoms with Gasteiger partial charge in [-0.1, -0.05) is 113 Å². The lowest BCUT2D eigenvalue weighted by Gasteiger charge is -2.29. The summed E-state index contributed by atoms with van der Waals surface area (Å²) < 4.78 is 12.3. The average Bonchev–Trinajstić information content (AvgIpc) is 2.89. The van der Waals surface area contributed by atoms with Gasteiger partial charge >= 0.3 is 5.97 Å². The van der Waals surface area contributed by atoms with Crippen molar-refractivity contribution in [3.8, 4) is 5.75 Å². The largest absolute Gasteiger partial charge is 0.493 e. The number of para-hydroxylation sites is 1. The van der Waals surface area contributed by atoms with Crippen LogP contribution in [-0.2, 0) is 22.5 Å². The summed E-state index contributed by atoms with van der Waals surface area (Å²) in [5.74, 6) is 0.852. The number of ether oxygens (including phenoxy) is 2. The molecule has 0 unspecified atom stereocenters. The van der Waals surface area contributed by atoms with Crippen LogP contribution in [0.4, 0.5) is 0 Å². The Morgan fingerprint density at radius 2 is 1.35 bits per heavy atom. The molecule has 0 aliphatic heterocycles. The van der Waals surface area contributed by atoms with E-state index in [1.807, 2.05) is 12.1 Å². The normalized spacial score (nSPS) is 11.4. The molecule has 0 spiro atoms. The molecule has 0 N–H and O–H groups in total. The van der Waals surface area contributed by atoms with Crippen LogP contribution in [0.1, 0.15) is 95.1 Å². The van der Waals surface area contributed by atoms with E-state index in [1.54, 1.807) is 0 Å². The maximum atomic E-state index is 12.2. The molecule has 0 aliphatic rings. The molecule has 4 nitrogen and oxygen atoms in total. The van der Waals surface area contributed by atoms with E-state index in [2.05, 4.69) is 63.5 Å². The van der Waals surface area contributed by atoms with E-state index in [9.17, 15) is 4.79 Å². The molecule has 206 valence electrons. The highest BCUT2D eigenvalue weighted by molar-refractivity contribution is 5.69. The van der Waals surface area contributed by atoms with Crippen LogP contribution >= 0.6 is 0 Å². The first-order valence-electron chi connectivity index (χ1n) is 14.7. The summed E-state index contributed by atoms with van der Waals surface area (Å²) in [5, 5.41) is 0. The van der Waals surface area contributed by atoms with Gasteiger partial charge in [0.25, 0.3) is 0 Å². The molecular weight excluding hydrogens is 458 g/mol. The van der Waals surface area contributed by atoms with Crippen molar-refractivity contribution in [1.82, 2.24) is 0 Å². The summed E-state index contributed by atoms with van der Waals surface area (Å²) in [7, 11) is 4.31. The van der Waals surface area contributed by atoms with Gasteiger partial charge in [0.1, 0.15) is 12.3 Å². The maximum absolute atomic E-state index is 12.2. The molecule has 0 fully saturated rings. The first-order chi connectivity index (χ1) is 18.0. The Bertz CT molecular complexity index is 850. The molecule has 37 heavy (non-hydrogen) atoms. The highest BCUT2D eigenvalue weighted by atomic mass is 16.5. The molecule has 2 rings (SSSR count). The van der Waals surface area contributed by atoms with Gasteiger partial charge < -0.3 is 14.0 Å². The van der Waals surface area contributed by atoms with Gasteiger partial charge in [-0.3, -0.25) is 4.79 Å². The van der Waals surface area contributed by atoms with Crippen LogP contribution in [-0.4, -0.2) is 44.3 Å². The number of rotatable bonds is 21. The molecule has 0 amide bonds. The van der Waals surface area contributed by atoms with Crippen LogP contribution in [0, 0.1) is 0 Å². The van der Waals surface area contributed by atoms with Gasteiger partial charge in [0, 0.05) is 12.0 Å². The molecule has 0 saturated carbocycles. The molecule has 0 bridgehead atoms. The lowest BCUT2D eigenvalue weighted by Crippen LogP contribution is -2.40. The molecule has 0 saturated heterocycles. The van der Waals surface area contributed by atoms with Gasteiger partial charge in [-0.15, -0.1) is 0 Å².